The minimum Gasteiger partial charge on any atom is -0.399 e. The predicted molar refractivity (Wildman–Crippen MR) is 65.8 cm³/mol. The predicted octanol–water partition coefficient (Wildman–Crippen LogP) is 2.71. The van der Waals surface area contributed by atoms with Crippen LogP contribution in [-0.2, 0) is 11.8 Å². The molecule has 2 heteroatoms. The molecule has 1 aromatic carbocycles. The lowest BCUT2D eigenvalue weighted by molar-refractivity contribution is 0.226. The van der Waals surface area contributed by atoms with Gasteiger partial charge in [0.05, 0.1) is 0 Å². The lowest BCUT2D eigenvalue weighted by Gasteiger charge is -2.36. The van der Waals surface area contributed by atoms with E-state index in [-0.39, 0.29) is 10.8 Å². The summed E-state index contributed by atoms with van der Waals surface area (Å²) in [6.07, 6.45) is 1.06. The molecule has 0 aromatic heterocycles. The molecule has 2 rings (SSSR count). The highest BCUT2D eigenvalue weighted by Crippen LogP contribution is 2.53. The fourth-order valence-electron chi connectivity index (χ4n) is 2.69. The topological polar surface area (TPSA) is 52.0 Å². The number of anilines is 2. The molecular formula is C13H20N2. The lowest BCUT2D eigenvalue weighted by atomic mass is 9.68. The van der Waals surface area contributed by atoms with E-state index in [0.717, 1.165) is 17.8 Å². The first-order valence-electron chi connectivity index (χ1n) is 5.44. The van der Waals surface area contributed by atoms with E-state index in [1.54, 1.807) is 0 Å². The Kier molecular flexibility index (Phi) is 1.85. The molecule has 0 spiro atoms. The van der Waals surface area contributed by atoms with E-state index >= 15 is 0 Å². The van der Waals surface area contributed by atoms with E-state index in [1.165, 1.54) is 11.1 Å². The fourth-order valence-corrected chi connectivity index (χ4v) is 2.69. The van der Waals surface area contributed by atoms with Gasteiger partial charge in [-0.15, -0.1) is 0 Å². The number of hydrogen-bond donors (Lipinski definition) is 2. The Morgan fingerprint density at radius 3 is 2.27 bits per heavy atom. The quantitative estimate of drug-likeness (QED) is 0.638. The van der Waals surface area contributed by atoms with Crippen molar-refractivity contribution in [2.75, 3.05) is 11.5 Å². The second-order valence-electron chi connectivity index (χ2n) is 5.83. The van der Waals surface area contributed by atoms with Gasteiger partial charge in [0, 0.05) is 11.4 Å². The molecule has 0 fully saturated rings. The second kappa shape index (κ2) is 2.69. The highest BCUT2D eigenvalue weighted by atomic mass is 14.6. The van der Waals surface area contributed by atoms with Crippen LogP contribution < -0.4 is 11.5 Å². The first kappa shape index (κ1) is 10.3. The van der Waals surface area contributed by atoms with Crippen LogP contribution in [0.15, 0.2) is 12.1 Å². The standard InChI is InChI=1S/C13H20N2/c1-12(2)7-8-5-9(14)6-10(15)11(8)13(12,3)4/h5-6H,7,14-15H2,1-4H3. The number of benzene rings is 1. The van der Waals surface area contributed by atoms with Gasteiger partial charge in [-0.3, -0.25) is 0 Å². The summed E-state index contributed by atoms with van der Waals surface area (Å²) in [5, 5.41) is 0. The van der Waals surface area contributed by atoms with Crippen LogP contribution in [0.1, 0.15) is 38.8 Å². The van der Waals surface area contributed by atoms with Crippen LogP contribution in [0.25, 0.3) is 0 Å². The monoisotopic (exact) mass is 204 g/mol. The van der Waals surface area contributed by atoms with Gasteiger partial charge in [-0.2, -0.15) is 0 Å². The minimum absolute atomic E-state index is 0.125. The number of fused-ring (bicyclic) bond motifs is 1. The Morgan fingerprint density at radius 2 is 1.67 bits per heavy atom. The molecule has 0 saturated carbocycles. The van der Waals surface area contributed by atoms with Gasteiger partial charge in [-0.25, -0.2) is 0 Å². The molecule has 2 nitrogen and oxygen atoms in total. The van der Waals surface area contributed by atoms with E-state index in [9.17, 15) is 0 Å². The first-order chi connectivity index (χ1) is 6.75. The average molecular weight is 204 g/mol. The van der Waals surface area contributed by atoms with Crippen LogP contribution in [0, 0.1) is 5.41 Å². The van der Waals surface area contributed by atoms with Crippen LogP contribution in [0.3, 0.4) is 0 Å². The van der Waals surface area contributed by atoms with Crippen LogP contribution in [0.2, 0.25) is 0 Å². The molecule has 15 heavy (non-hydrogen) atoms. The Balaban J connectivity index is 2.70. The van der Waals surface area contributed by atoms with Gasteiger partial charge in [0.25, 0.3) is 0 Å². The lowest BCUT2D eigenvalue weighted by Crippen LogP contribution is -2.32. The van der Waals surface area contributed by atoms with Crippen molar-refractivity contribution in [3.05, 3.63) is 23.3 Å². The number of nitrogens with two attached hydrogens (primary N) is 2. The first-order valence-corrected chi connectivity index (χ1v) is 5.44. The molecule has 0 heterocycles. The van der Waals surface area contributed by atoms with Gasteiger partial charge < -0.3 is 11.5 Å². The van der Waals surface area contributed by atoms with Crippen molar-refractivity contribution in [2.24, 2.45) is 5.41 Å². The zero-order chi connectivity index (χ0) is 11.4. The number of hydrogen-bond acceptors (Lipinski definition) is 2. The maximum atomic E-state index is 6.09. The molecule has 0 radical (unpaired) electrons. The SMILES string of the molecule is CC1(C)Cc2cc(N)cc(N)c2C1(C)C. The molecule has 1 aliphatic carbocycles. The maximum Gasteiger partial charge on any atom is 0.0375 e. The van der Waals surface area contributed by atoms with Gasteiger partial charge in [0.2, 0.25) is 0 Å². The second-order valence-corrected chi connectivity index (χ2v) is 5.83. The van der Waals surface area contributed by atoms with Crippen molar-refractivity contribution in [3.8, 4) is 0 Å². The largest absolute Gasteiger partial charge is 0.399 e. The molecule has 0 aliphatic heterocycles. The third-order valence-corrected chi connectivity index (χ3v) is 4.22. The van der Waals surface area contributed by atoms with Crippen molar-refractivity contribution in [1.29, 1.82) is 0 Å². The smallest absolute Gasteiger partial charge is 0.0375 e. The summed E-state index contributed by atoms with van der Waals surface area (Å²) in [6.45, 7) is 9.13. The Morgan fingerprint density at radius 1 is 1.07 bits per heavy atom. The minimum atomic E-state index is 0.125. The molecule has 0 unspecified atom stereocenters. The third-order valence-electron chi connectivity index (χ3n) is 4.22. The van der Waals surface area contributed by atoms with Crippen LogP contribution in [0.5, 0.6) is 0 Å². The number of rotatable bonds is 0. The molecule has 1 aliphatic rings. The number of nitrogen functional groups attached to an aromatic ring is 2. The zero-order valence-electron chi connectivity index (χ0n) is 10.0. The molecule has 0 bridgehead atoms. The van der Waals surface area contributed by atoms with Crippen molar-refractivity contribution >= 4 is 11.4 Å². The van der Waals surface area contributed by atoms with E-state index in [0.29, 0.717) is 0 Å². The summed E-state index contributed by atoms with van der Waals surface area (Å²) in [5.74, 6) is 0. The zero-order valence-corrected chi connectivity index (χ0v) is 10.0. The molecule has 0 saturated heterocycles. The van der Waals surface area contributed by atoms with Crippen molar-refractivity contribution < 1.29 is 0 Å². The summed E-state index contributed by atoms with van der Waals surface area (Å²) in [4.78, 5) is 0. The molecule has 82 valence electrons. The van der Waals surface area contributed by atoms with Gasteiger partial charge >= 0.3 is 0 Å². The molecule has 1 aromatic rings. The summed E-state index contributed by atoms with van der Waals surface area (Å²) in [5.41, 5.74) is 16.5. The van der Waals surface area contributed by atoms with Gasteiger partial charge in [0.1, 0.15) is 0 Å². The van der Waals surface area contributed by atoms with E-state index in [2.05, 4.69) is 33.8 Å². The van der Waals surface area contributed by atoms with Crippen molar-refractivity contribution in [2.45, 2.75) is 39.5 Å². The Labute approximate surface area is 91.7 Å². The van der Waals surface area contributed by atoms with Crippen molar-refractivity contribution in [3.63, 3.8) is 0 Å². The highest BCUT2D eigenvalue weighted by Gasteiger charge is 2.46. The normalized spacial score (nSPS) is 21.3. The molecule has 4 N–H and O–H groups in total. The average Bonchev–Trinajstić information content (AvgIpc) is 2.15. The maximum absolute atomic E-state index is 6.09. The molecule has 0 atom stereocenters. The van der Waals surface area contributed by atoms with Crippen LogP contribution in [-0.4, -0.2) is 0 Å². The van der Waals surface area contributed by atoms with Crippen molar-refractivity contribution in [1.82, 2.24) is 0 Å². The summed E-state index contributed by atoms with van der Waals surface area (Å²) >= 11 is 0. The van der Waals surface area contributed by atoms with E-state index in [4.69, 9.17) is 11.5 Å². The Hall–Kier alpha value is -1.18. The van der Waals surface area contributed by atoms with Crippen LogP contribution >= 0.6 is 0 Å². The fraction of sp³-hybridized carbons (Fsp3) is 0.538. The summed E-state index contributed by atoms with van der Waals surface area (Å²) in [6, 6.07) is 3.95. The third kappa shape index (κ3) is 1.24. The summed E-state index contributed by atoms with van der Waals surface area (Å²) in [7, 11) is 0. The van der Waals surface area contributed by atoms with Gasteiger partial charge in [-0.05, 0) is 40.5 Å². The Bertz CT molecular complexity index is 417. The molecular weight excluding hydrogens is 184 g/mol. The van der Waals surface area contributed by atoms with Gasteiger partial charge in [0.15, 0.2) is 0 Å². The van der Waals surface area contributed by atoms with E-state index in [1.807, 2.05) is 6.07 Å². The van der Waals surface area contributed by atoms with E-state index < -0.39 is 0 Å². The highest BCUT2D eigenvalue weighted by molar-refractivity contribution is 5.65. The van der Waals surface area contributed by atoms with Gasteiger partial charge in [-0.1, -0.05) is 27.7 Å². The molecule has 0 amide bonds. The van der Waals surface area contributed by atoms with Crippen LogP contribution in [0.4, 0.5) is 11.4 Å². The summed E-state index contributed by atoms with van der Waals surface area (Å²) < 4.78 is 0.